The normalized spacial score (nSPS) is 34.9. The molecule has 0 aromatic carbocycles. The molecule has 18 heavy (non-hydrogen) atoms. The number of nitrogens with zero attached hydrogens (tertiary/aromatic N) is 1. The maximum atomic E-state index is 12.4. The third kappa shape index (κ3) is 2.54. The highest BCUT2D eigenvalue weighted by molar-refractivity contribution is 5.82. The van der Waals surface area contributed by atoms with Crippen LogP contribution in [-0.2, 0) is 9.53 Å². The minimum atomic E-state index is -0.448. The molecule has 1 unspecified atom stereocenters. The van der Waals surface area contributed by atoms with Gasteiger partial charge in [0.2, 0.25) is 0 Å². The van der Waals surface area contributed by atoms with Gasteiger partial charge < -0.3 is 15.0 Å². The molecule has 1 N–H and O–H groups in total. The van der Waals surface area contributed by atoms with E-state index < -0.39 is 5.54 Å². The Bertz CT molecular complexity index is 298. The van der Waals surface area contributed by atoms with Crippen LogP contribution >= 0.6 is 0 Å². The zero-order chi connectivity index (χ0) is 13.2. The molecular formula is C14H26N2O2. The lowest BCUT2D eigenvalue weighted by Gasteiger charge is -2.52. The summed E-state index contributed by atoms with van der Waals surface area (Å²) in [5.74, 6) is 0.951. The number of hydrogen-bond acceptors (Lipinski definition) is 4. The first kappa shape index (κ1) is 13.8. The second-order valence-corrected chi connectivity index (χ2v) is 6.02. The third-order valence-corrected chi connectivity index (χ3v) is 4.22. The Morgan fingerprint density at radius 2 is 2.11 bits per heavy atom. The molecule has 3 fully saturated rings. The van der Waals surface area contributed by atoms with Crippen LogP contribution in [0.1, 0.15) is 33.6 Å². The number of rotatable bonds is 5. The predicted octanol–water partition coefficient (Wildman–Crippen LogP) is 1.26. The standard InChI is InChI=1S/C14H26N2O2/c1-4-18-13(17)14(15-9-11(2)3)10-16-7-5-12(14)6-8-16/h11-12,15H,4-10H2,1-3H3. The molecule has 1 atom stereocenters. The van der Waals surface area contributed by atoms with E-state index in [0.717, 1.165) is 39.0 Å². The SMILES string of the molecule is CCOC(=O)C1(NCC(C)C)CN2CCC1CC2. The summed E-state index contributed by atoms with van der Waals surface area (Å²) in [5, 5.41) is 3.53. The lowest BCUT2D eigenvalue weighted by molar-refractivity contribution is -0.160. The molecule has 0 radical (unpaired) electrons. The molecule has 0 saturated carbocycles. The molecule has 4 heteroatoms. The van der Waals surface area contributed by atoms with Crippen molar-refractivity contribution in [1.82, 2.24) is 10.2 Å². The number of ether oxygens (including phenoxy) is 1. The zero-order valence-corrected chi connectivity index (χ0v) is 11.9. The van der Waals surface area contributed by atoms with Gasteiger partial charge in [-0.1, -0.05) is 13.8 Å². The topological polar surface area (TPSA) is 41.6 Å². The van der Waals surface area contributed by atoms with Crippen molar-refractivity contribution in [2.45, 2.75) is 39.2 Å². The van der Waals surface area contributed by atoms with Crippen molar-refractivity contribution < 1.29 is 9.53 Å². The Morgan fingerprint density at radius 3 is 2.56 bits per heavy atom. The fraction of sp³-hybridized carbons (Fsp3) is 0.929. The molecule has 3 heterocycles. The number of esters is 1. The summed E-state index contributed by atoms with van der Waals surface area (Å²) < 4.78 is 5.34. The smallest absolute Gasteiger partial charge is 0.327 e. The first-order valence-electron chi connectivity index (χ1n) is 7.23. The minimum absolute atomic E-state index is 0.0416. The molecule has 2 bridgehead atoms. The van der Waals surface area contributed by atoms with Gasteiger partial charge in [-0.2, -0.15) is 0 Å². The van der Waals surface area contributed by atoms with E-state index in [1.807, 2.05) is 6.92 Å². The Balaban J connectivity index is 2.14. The van der Waals surface area contributed by atoms with E-state index in [1.165, 1.54) is 0 Å². The number of piperidine rings is 3. The summed E-state index contributed by atoms with van der Waals surface area (Å²) in [6, 6.07) is 0. The summed E-state index contributed by atoms with van der Waals surface area (Å²) in [4.78, 5) is 14.8. The van der Waals surface area contributed by atoms with Crippen LogP contribution in [0.25, 0.3) is 0 Å². The maximum Gasteiger partial charge on any atom is 0.327 e. The molecule has 0 amide bonds. The van der Waals surface area contributed by atoms with Crippen LogP contribution < -0.4 is 5.32 Å². The van der Waals surface area contributed by atoms with E-state index in [1.54, 1.807) is 0 Å². The number of carbonyl (C=O) groups is 1. The van der Waals surface area contributed by atoms with Crippen LogP contribution in [-0.4, -0.2) is 49.2 Å². The van der Waals surface area contributed by atoms with E-state index in [-0.39, 0.29) is 5.97 Å². The lowest BCUT2D eigenvalue weighted by Crippen LogP contribution is -2.70. The number of carbonyl (C=O) groups excluding carboxylic acids is 1. The molecule has 104 valence electrons. The second kappa shape index (κ2) is 5.57. The number of hydrogen-bond donors (Lipinski definition) is 1. The maximum absolute atomic E-state index is 12.4. The van der Waals surface area contributed by atoms with Gasteiger partial charge >= 0.3 is 5.97 Å². The molecule has 0 aromatic rings. The highest BCUT2D eigenvalue weighted by Crippen LogP contribution is 2.36. The Labute approximate surface area is 110 Å². The van der Waals surface area contributed by atoms with Gasteiger partial charge in [0.05, 0.1) is 6.61 Å². The van der Waals surface area contributed by atoms with Gasteiger partial charge in [-0.25, -0.2) is 4.79 Å². The first-order valence-corrected chi connectivity index (χ1v) is 7.23. The fourth-order valence-corrected chi connectivity index (χ4v) is 3.22. The molecular weight excluding hydrogens is 228 g/mol. The molecule has 3 rings (SSSR count). The van der Waals surface area contributed by atoms with Crippen molar-refractivity contribution in [3.63, 3.8) is 0 Å². The van der Waals surface area contributed by atoms with Gasteiger partial charge in [-0.3, -0.25) is 0 Å². The fourth-order valence-electron chi connectivity index (χ4n) is 3.22. The predicted molar refractivity (Wildman–Crippen MR) is 71.4 cm³/mol. The highest BCUT2D eigenvalue weighted by atomic mass is 16.5. The number of nitrogens with one attached hydrogen (secondary N) is 1. The lowest BCUT2D eigenvalue weighted by atomic mass is 9.72. The van der Waals surface area contributed by atoms with Gasteiger partial charge in [-0.05, 0) is 51.2 Å². The van der Waals surface area contributed by atoms with Crippen LogP contribution in [0, 0.1) is 11.8 Å². The quantitative estimate of drug-likeness (QED) is 0.750. The van der Waals surface area contributed by atoms with Crippen LogP contribution in [0.5, 0.6) is 0 Å². The monoisotopic (exact) mass is 254 g/mol. The van der Waals surface area contributed by atoms with Crippen LogP contribution in [0.2, 0.25) is 0 Å². The van der Waals surface area contributed by atoms with Crippen molar-refractivity contribution in [2.75, 3.05) is 32.8 Å². The average Bonchev–Trinajstić information content (AvgIpc) is 2.38. The highest BCUT2D eigenvalue weighted by Gasteiger charge is 2.52. The minimum Gasteiger partial charge on any atom is -0.465 e. The molecule has 3 aliphatic rings. The van der Waals surface area contributed by atoms with Crippen LogP contribution in [0.15, 0.2) is 0 Å². The largest absolute Gasteiger partial charge is 0.465 e. The second-order valence-electron chi connectivity index (χ2n) is 6.02. The Kier molecular flexibility index (Phi) is 4.28. The Morgan fingerprint density at radius 1 is 1.44 bits per heavy atom. The van der Waals surface area contributed by atoms with Crippen molar-refractivity contribution >= 4 is 5.97 Å². The summed E-state index contributed by atoms with van der Waals surface area (Å²) in [6.07, 6.45) is 2.23. The summed E-state index contributed by atoms with van der Waals surface area (Å²) >= 11 is 0. The molecule has 0 spiro atoms. The van der Waals surface area contributed by atoms with Crippen molar-refractivity contribution in [3.8, 4) is 0 Å². The van der Waals surface area contributed by atoms with E-state index in [0.29, 0.717) is 18.4 Å². The Hall–Kier alpha value is -0.610. The summed E-state index contributed by atoms with van der Waals surface area (Å²) in [6.45, 7) is 10.7. The van der Waals surface area contributed by atoms with E-state index in [2.05, 4.69) is 24.1 Å². The molecule has 3 aliphatic heterocycles. The molecule has 0 aliphatic carbocycles. The van der Waals surface area contributed by atoms with Gasteiger partial charge in [0.25, 0.3) is 0 Å². The molecule has 0 aromatic heterocycles. The molecule has 3 saturated heterocycles. The average molecular weight is 254 g/mol. The van der Waals surface area contributed by atoms with E-state index in [4.69, 9.17) is 4.74 Å². The van der Waals surface area contributed by atoms with Gasteiger partial charge in [0, 0.05) is 6.54 Å². The van der Waals surface area contributed by atoms with Crippen LogP contribution in [0.3, 0.4) is 0 Å². The van der Waals surface area contributed by atoms with E-state index in [9.17, 15) is 4.79 Å². The third-order valence-electron chi connectivity index (χ3n) is 4.22. The van der Waals surface area contributed by atoms with Gasteiger partial charge in [0.1, 0.15) is 5.54 Å². The van der Waals surface area contributed by atoms with Crippen LogP contribution in [0.4, 0.5) is 0 Å². The molecule has 4 nitrogen and oxygen atoms in total. The van der Waals surface area contributed by atoms with Crippen molar-refractivity contribution in [1.29, 1.82) is 0 Å². The first-order chi connectivity index (χ1) is 8.58. The zero-order valence-electron chi connectivity index (χ0n) is 11.9. The summed E-state index contributed by atoms with van der Waals surface area (Å²) in [5.41, 5.74) is -0.448. The van der Waals surface area contributed by atoms with Gasteiger partial charge in [-0.15, -0.1) is 0 Å². The number of fused-ring (bicyclic) bond motifs is 3. The summed E-state index contributed by atoms with van der Waals surface area (Å²) in [7, 11) is 0. The van der Waals surface area contributed by atoms with E-state index >= 15 is 0 Å². The van der Waals surface area contributed by atoms with Crippen molar-refractivity contribution in [2.24, 2.45) is 11.8 Å². The van der Waals surface area contributed by atoms with Gasteiger partial charge in [0.15, 0.2) is 0 Å². The van der Waals surface area contributed by atoms with Crippen molar-refractivity contribution in [3.05, 3.63) is 0 Å².